The third-order valence-corrected chi connectivity index (χ3v) is 5.71. The molecule has 0 aromatic heterocycles. The highest BCUT2D eigenvalue weighted by atomic mass is 32.2. The highest BCUT2D eigenvalue weighted by Gasteiger charge is 2.26. The molecule has 1 aliphatic carbocycles. The van der Waals surface area contributed by atoms with Gasteiger partial charge in [-0.25, -0.2) is 0 Å². The van der Waals surface area contributed by atoms with Gasteiger partial charge in [0.05, 0.1) is 13.5 Å². The van der Waals surface area contributed by atoms with E-state index in [1.807, 2.05) is 6.26 Å². The van der Waals surface area contributed by atoms with Gasteiger partial charge in [-0.2, -0.15) is 23.7 Å². The minimum Gasteiger partial charge on any atom is -0.469 e. The van der Waals surface area contributed by atoms with Crippen molar-refractivity contribution in [1.82, 2.24) is 0 Å². The van der Waals surface area contributed by atoms with Gasteiger partial charge in [-0.1, -0.05) is 5.37 Å². The van der Waals surface area contributed by atoms with Gasteiger partial charge in [0, 0.05) is 6.42 Å². The van der Waals surface area contributed by atoms with Crippen LogP contribution in [-0.4, -0.2) is 36.6 Å². The highest BCUT2D eigenvalue weighted by molar-refractivity contribution is 8.14. The molecule has 0 spiro atoms. The SMILES string of the molecule is COC(=O)CCC1CCC(/C=S(\C)CCC(F)(F)F)CC1. The summed E-state index contributed by atoms with van der Waals surface area (Å²) in [7, 11) is 1.14. The lowest BCUT2D eigenvalue weighted by Crippen LogP contribution is -2.17. The molecule has 1 aliphatic rings. The van der Waals surface area contributed by atoms with Crippen LogP contribution in [-0.2, 0) is 9.53 Å². The number of hydrogen-bond donors (Lipinski definition) is 0. The average Bonchev–Trinajstić information content (AvgIpc) is 2.43. The zero-order chi connectivity index (χ0) is 15.9. The van der Waals surface area contributed by atoms with Gasteiger partial charge in [-0.05, 0) is 55.9 Å². The van der Waals surface area contributed by atoms with Crippen LogP contribution in [0.2, 0.25) is 0 Å². The summed E-state index contributed by atoms with van der Waals surface area (Å²) in [5, 5.41) is 2.13. The summed E-state index contributed by atoms with van der Waals surface area (Å²) in [6, 6.07) is 0. The highest BCUT2D eigenvalue weighted by Crippen LogP contribution is 2.32. The maximum Gasteiger partial charge on any atom is 0.389 e. The number of esters is 1. The van der Waals surface area contributed by atoms with Crippen LogP contribution in [0.25, 0.3) is 0 Å². The van der Waals surface area contributed by atoms with Crippen LogP contribution in [0.4, 0.5) is 13.2 Å². The van der Waals surface area contributed by atoms with E-state index in [9.17, 15) is 18.0 Å². The molecule has 0 bridgehead atoms. The first kappa shape index (κ1) is 18.5. The lowest BCUT2D eigenvalue weighted by atomic mass is 9.81. The van der Waals surface area contributed by atoms with Crippen LogP contribution in [0, 0.1) is 11.8 Å². The minimum absolute atomic E-state index is 0.161. The Morgan fingerprint density at radius 3 is 2.43 bits per heavy atom. The largest absolute Gasteiger partial charge is 0.469 e. The Morgan fingerprint density at radius 1 is 1.29 bits per heavy atom. The number of rotatable bonds is 6. The molecule has 1 atom stereocenters. The molecule has 0 radical (unpaired) electrons. The molecule has 2 nitrogen and oxygen atoms in total. The van der Waals surface area contributed by atoms with Crippen LogP contribution < -0.4 is 0 Å². The van der Waals surface area contributed by atoms with Crippen LogP contribution in [0.1, 0.15) is 44.9 Å². The van der Waals surface area contributed by atoms with Gasteiger partial charge in [-0.3, -0.25) is 4.79 Å². The Morgan fingerprint density at radius 2 is 1.90 bits per heavy atom. The normalized spacial score (nSPS) is 24.8. The topological polar surface area (TPSA) is 26.3 Å². The van der Waals surface area contributed by atoms with Crippen molar-refractivity contribution in [3.63, 3.8) is 0 Å². The summed E-state index contributed by atoms with van der Waals surface area (Å²) < 4.78 is 41.2. The van der Waals surface area contributed by atoms with Crippen molar-refractivity contribution in [2.75, 3.05) is 19.1 Å². The van der Waals surface area contributed by atoms with Gasteiger partial charge < -0.3 is 4.74 Å². The first-order chi connectivity index (χ1) is 9.80. The second-order valence-electron chi connectivity index (χ2n) is 5.79. The molecule has 1 saturated carbocycles. The average molecular weight is 326 g/mol. The molecular weight excluding hydrogens is 301 g/mol. The molecule has 6 heteroatoms. The second-order valence-corrected chi connectivity index (χ2v) is 7.85. The summed E-state index contributed by atoms with van der Waals surface area (Å²) in [5.74, 6) is 1.06. The van der Waals surface area contributed by atoms with Gasteiger partial charge in [-0.15, -0.1) is 0 Å². The van der Waals surface area contributed by atoms with Crippen molar-refractivity contribution >= 4 is 21.8 Å². The third-order valence-electron chi connectivity index (χ3n) is 4.01. The van der Waals surface area contributed by atoms with Crippen molar-refractivity contribution in [2.45, 2.75) is 51.1 Å². The fourth-order valence-electron chi connectivity index (χ4n) is 2.71. The second kappa shape index (κ2) is 8.81. The predicted molar refractivity (Wildman–Crippen MR) is 81.8 cm³/mol. The molecule has 0 aromatic carbocycles. The van der Waals surface area contributed by atoms with Gasteiger partial charge in [0.25, 0.3) is 0 Å². The fourth-order valence-corrected chi connectivity index (χ4v) is 4.33. The van der Waals surface area contributed by atoms with Crippen LogP contribution in [0.3, 0.4) is 0 Å². The first-order valence-corrected chi connectivity index (χ1v) is 9.26. The van der Waals surface area contributed by atoms with Crippen molar-refractivity contribution in [2.24, 2.45) is 11.8 Å². The van der Waals surface area contributed by atoms with Gasteiger partial charge in [0.2, 0.25) is 0 Å². The molecular formula is C15H25F3O2S. The van der Waals surface area contributed by atoms with E-state index in [4.69, 9.17) is 0 Å². The number of hydrogen-bond acceptors (Lipinski definition) is 2. The van der Waals surface area contributed by atoms with Gasteiger partial charge in [0.1, 0.15) is 0 Å². The minimum atomic E-state index is -4.04. The van der Waals surface area contributed by atoms with Crippen molar-refractivity contribution in [3.8, 4) is 0 Å². The molecule has 0 heterocycles. The van der Waals surface area contributed by atoms with Gasteiger partial charge in [0.15, 0.2) is 0 Å². The lowest BCUT2D eigenvalue weighted by molar-refractivity contribution is -0.141. The Bertz CT molecular complexity index is 358. The van der Waals surface area contributed by atoms with Crippen molar-refractivity contribution in [3.05, 3.63) is 0 Å². The van der Waals surface area contributed by atoms with E-state index in [0.29, 0.717) is 18.3 Å². The van der Waals surface area contributed by atoms with E-state index in [1.165, 1.54) is 7.11 Å². The smallest absolute Gasteiger partial charge is 0.389 e. The first-order valence-electron chi connectivity index (χ1n) is 7.40. The molecule has 1 unspecified atom stereocenters. The number of halogens is 3. The molecule has 0 aliphatic heterocycles. The van der Waals surface area contributed by atoms with Crippen molar-refractivity contribution in [1.29, 1.82) is 0 Å². The van der Waals surface area contributed by atoms with E-state index in [1.54, 1.807) is 0 Å². The summed E-state index contributed by atoms with van der Waals surface area (Å²) in [6.45, 7) is 0. The van der Waals surface area contributed by atoms with Crippen LogP contribution in [0.5, 0.6) is 0 Å². The van der Waals surface area contributed by atoms with Crippen LogP contribution in [0.15, 0.2) is 0 Å². The molecule has 0 saturated heterocycles. The van der Waals surface area contributed by atoms with Gasteiger partial charge >= 0.3 is 12.1 Å². The van der Waals surface area contributed by atoms with E-state index in [0.717, 1.165) is 32.1 Å². The zero-order valence-electron chi connectivity index (χ0n) is 12.7. The monoisotopic (exact) mass is 326 g/mol. The molecule has 21 heavy (non-hydrogen) atoms. The number of alkyl halides is 3. The number of carbonyl (C=O) groups is 1. The summed E-state index contributed by atoms with van der Waals surface area (Å²) in [5.41, 5.74) is 0. The number of carbonyl (C=O) groups excluding carboxylic acids is 1. The molecule has 0 aromatic rings. The van der Waals surface area contributed by atoms with E-state index in [-0.39, 0.29) is 22.2 Å². The maximum absolute atomic E-state index is 12.2. The fraction of sp³-hybridized carbons (Fsp3) is 0.867. The predicted octanol–water partition coefficient (Wildman–Crippen LogP) is 4.40. The summed E-state index contributed by atoms with van der Waals surface area (Å²) >= 11 is 0. The Labute approximate surface area is 127 Å². The van der Waals surface area contributed by atoms with E-state index >= 15 is 0 Å². The third kappa shape index (κ3) is 8.49. The molecule has 0 N–H and O–H groups in total. The molecule has 0 amide bonds. The van der Waals surface area contributed by atoms with E-state index < -0.39 is 12.6 Å². The van der Waals surface area contributed by atoms with Crippen molar-refractivity contribution < 1.29 is 22.7 Å². The number of methoxy groups -OCH3 is 1. The summed E-state index contributed by atoms with van der Waals surface area (Å²) in [4.78, 5) is 11.1. The Balaban J connectivity index is 2.27. The summed E-state index contributed by atoms with van der Waals surface area (Å²) in [6.07, 6.45) is 2.71. The van der Waals surface area contributed by atoms with Crippen LogP contribution >= 0.6 is 10.5 Å². The maximum atomic E-state index is 12.2. The Hall–Kier alpha value is -0.520. The zero-order valence-corrected chi connectivity index (χ0v) is 13.6. The lowest BCUT2D eigenvalue weighted by Gasteiger charge is -2.27. The molecule has 124 valence electrons. The molecule has 1 rings (SSSR count). The molecule has 1 fully saturated rings. The standard InChI is InChI=1S/C15H25F3O2S/c1-20-14(19)8-7-12-3-5-13(6-4-12)11-21(2)10-9-15(16,17)18/h11-13H,3-10H2,1-2H3. The number of ether oxygens (including phenoxy) is 1. The quantitative estimate of drug-likeness (QED) is 0.534. The van der Waals surface area contributed by atoms with E-state index in [2.05, 4.69) is 10.1 Å². The Kier molecular flexibility index (Phi) is 7.77.